The van der Waals surface area contributed by atoms with Crippen molar-refractivity contribution in [2.45, 2.75) is 32.2 Å². The molecule has 94 valence electrons. The van der Waals surface area contributed by atoms with Crippen LogP contribution in [-0.2, 0) is 0 Å². The van der Waals surface area contributed by atoms with Crippen LogP contribution in [-0.4, -0.2) is 16.4 Å². The van der Waals surface area contributed by atoms with Crippen molar-refractivity contribution in [3.63, 3.8) is 0 Å². The molecule has 0 saturated heterocycles. The van der Waals surface area contributed by atoms with Gasteiger partial charge in [0.05, 0.1) is 5.69 Å². The lowest BCUT2D eigenvalue weighted by Crippen LogP contribution is -2.37. The monoisotopic (exact) mass is 262 g/mol. The third kappa shape index (κ3) is 2.06. The number of hydrogen-bond acceptors (Lipinski definition) is 4. The number of nitrogens with zero attached hydrogens (tertiary/aromatic N) is 2. The van der Waals surface area contributed by atoms with E-state index in [2.05, 4.69) is 21.1 Å². The number of carbonyl (C=O) groups is 1. The van der Waals surface area contributed by atoms with E-state index in [0.29, 0.717) is 22.3 Å². The van der Waals surface area contributed by atoms with Crippen LogP contribution >= 0.6 is 11.5 Å². The average Bonchev–Trinajstić information content (AvgIpc) is 2.78. The zero-order valence-corrected chi connectivity index (χ0v) is 10.9. The topological polar surface area (TPSA) is 77.8 Å². The van der Waals surface area contributed by atoms with E-state index >= 15 is 0 Å². The minimum atomic E-state index is -0.221. The Bertz CT molecular complexity index is 523. The minimum Gasteiger partial charge on any atom is -0.335 e. The lowest BCUT2D eigenvalue weighted by atomic mass is 10.2. The zero-order chi connectivity index (χ0) is 12.7. The average molecular weight is 262 g/mol. The Morgan fingerprint density at radius 1 is 1.44 bits per heavy atom. The molecule has 1 aromatic heterocycles. The Balaban J connectivity index is 1.58. The molecule has 0 bridgehead atoms. The molecule has 2 aliphatic rings. The van der Waals surface area contributed by atoms with Crippen LogP contribution in [0.5, 0.6) is 0 Å². The highest BCUT2D eigenvalue weighted by atomic mass is 32.1. The van der Waals surface area contributed by atoms with Crippen molar-refractivity contribution >= 4 is 22.6 Å². The van der Waals surface area contributed by atoms with Crippen LogP contribution in [0.25, 0.3) is 0 Å². The summed E-state index contributed by atoms with van der Waals surface area (Å²) in [5.41, 5.74) is 1.13. The van der Waals surface area contributed by atoms with Crippen LogP contribution < -0.4 is 10.6 Å². The second-order valence-corrected chi connectivity index (χ2v) is 5.88. The molecule has 5 nitrogen and oxygen atoms in total. The van der Waals surface area contributed by atoms with Gasteiger partial charge in [-0.2, -0.15) is 9.64 Å². The standard InChI is InChI=1S/C12H14N4OS/c1-6-10(5-13)11(18-16-6)15-12(17)14-9-3-7-2-8(7)4-9/h7-9H,2-4H2,1H3,(H2,14,15,17). The zero-order valence-electron chi connectivity index (χ0n) is 10.1. The second-order valence-electron chi connectivity index (χ2n) is 5.11. The van der Waals surface area contributed by atoms with Crippen LogP contribution in [0.1, 0.15) is 30.5 Å². The lowest BCUT2D eigenvalue weighted by Gasteiger charge is -2.14. The Morgan fingerprint density at radius 2 is 2.17 bits per heavy atom. The first-order valence-corrected chi connectivity index (χ1v) is 6.88. The van der Waals surface area contributed by atoms with Crippen molar-refractivity contribution in [2.75, 3.05) is 5.32 Å². The van der Waals surface area contributed by atoms with Crippen molar-refractivity contribution < 1.29 is 4.79 Å². The molecule has 2 saturated carbocycles. The number of anilines is 1. The van der Waals surface area contributed by atoms with Gasteiger partial charge in [-0.25, -0.2) is 4.79 Å². The van der Waals surface area contributed by atoms with Crippen molar-refractivity contribution in [1.29, 1.82) is 5.26 Å². The molecule has 2 aliphatic carbocycles. The molecule has 6 heteroatoms. The van der Waals surface area contributed by atoms with Gasteiger partial charge in [-0.05, 0) is 49.6 Å². The third-order valence-electron chi connectivity index (χ3n) is 3.78. The summed E-state index contributed by atoms with van der Waals surface area (Å²) in [4.78, 5) is 11.8. The molecule has 3 rings (SSSR count). The molecule has 2 fully saturated rings. The fraction of sp³-hybridized carbons (Fsp3) is 0.583. The molecule has 2 N–H and O–H groups in total. The summed E-state index contributed by atoms with van der Waals surface area (Å²) in [5, 5.41) is 15.2. The number of nitrogens with one attached hydrogen (secondary N) is 2. The largest absolute Gasteiger partial charge is 0.335 e. The Morgan fingerprint density at radius 3 is 2.83 bits per heavy atom. The number of amides is 2. The van der Waals surface area contributed by atoms with E-state index in [0.717, 1.165) is 36.2 Å². The van der Waals surface area contributed by atoms with Gasteiger partial charge in [-0.15, -0.1) is 0 Å². The summed E-state index contributed by atoms with van der Waals surface area (Å²) in [6.45, 7) is 1.77. The number of nitriles is 1. The summed E-state index contributed by atoms with van der Waals surface area (Å²) < 4.78 is 4.07. The molecule has 2 atom stereocenters. The van der Waals surface area contributed by atoms with E-state index in [1.165, 1.54) is 6.42 Å². The highest BCUT2D eigenvalue weighted by molar-refractivity contribution is 7.10. The molecule has 0 aromatic carbocycles. The first-order chi connectivity index (χ1) is 8.67. The third-order valence-corrected chi connectivity index (χ3v) is 4.63. The van der Waals surface area contributed by atoms with Crippen LogP contribution in [0.3, 0.4) is 0 Å². The molecular formula is C12H14N4OS. The second kappa shape index (κ2) is 4.25. The molecule has 18 heavy (non-hydrogen) atoms. The van der Waals surface area contributed by atoms with E-state index in [9.17, 15) is 4.79 Å². The lowest BCUT2D eigenvalue weighted by molar-refractivity contribution is 0.248. The van der Waals surface area contributed by atoms with Crippen LogP contribution in [0.15, 0.2) is 0 Å². The van der Waals surface area contributed by atoms with E-state index in [-0.39, 0.29) is 6.03 Å². The van der Waals surface area contributed by atoms with Crippen LogP contribution in [0.4, 0.5) is 9.80 Å². The number of urea groups is 1. The highest BCUT2D eigenvalue weighted by Gasteiger charge is 2.46. The smallest absolute Gasteiger partial charge is 0.320 e. The van der Waals surface area contributed by atoms with Crippen molar-refractivity contribution in [1.82, 2.24) is 9.69 Å². The SMILES string of the molecule is Cc1nsc(NC(=O)NC2CC3CC3C2)c1C#N. The molecule has 2 amide bonds. The molecule has 1 aromatic rings. The van der Waals surface area contributed by atoms with Gasteiger partial charge in [0.2, 0.25) is 0 Å². The normalized spacial score (nSPS) is 28.3. The molecule has 2 unspecified atom stereocenters. The van der Waals surface area contributed by atoms with Gasteiger partial charge in [0.15, 0.2) is 0 Å². The summed E-state index contributed by atoms with van der Waals surface area (Å²) >= 11 is 1.15. The van der Waals surface area contributed by atoms with E-state index in [1.807, 2.05) is 0 Å². The Hall–Kier alpha value is -1.61. The molecule has 1 heterocycles. The number of hydrogen-bond donors (Lipinski definition) is 2. The number of aryl methyl sites for hydroxylation is 1. The predicted molar refractivity (Wildman–Crippen MR) is 68.3 cm³/mol. The number of fused-ring (bicyclic) bond motifs is 1. The van der Waals surface area contributed by atoms with Gasteiger partial charge >= 0.3 is 6.03 Å². The fourth-order valence-corrected chi connectivity index (χ4v) is 3.49. The maximum absolute atomic E-state index is 11.8. The first-order valence-electron chi connectivity index (χ1n) is 6.11. The van der Waals surface area contributed by atoms with Crippen LogP contribution in [0, 0.1) is 30.1 Å². The van der Waals surface area contributed by atoms with Gasteiger partial charge in [-0.3, -0.25) is 5.32 Å². The predicted octanol–water partition coefficient (Wildman–Crippen LogP) is 2.24. The van der Waals surface area contributed by atoms with Crippen LogP contribution in [0.2, 0.25) is 0 Å². The molecule has 0 spiro atoms. The summed E-state index contributed by atoms with van der Waals surface area (Å²) in [6, 6.07) is 2.14. The molecule has 0 radical (unpaired) electrons. The Labute approximate surface area is 109 Å². The molecule has 0 aliphatic heterocycles. The minimum absolute atomic E-state index is 0.221. The van der Waals surface area contributed by atoms with E-state index in [1.54, 1.807) is 6.92 Å². The Kier molecular flexibility index (Phi) is 2.71. The van der Waals surface area contributed by atoms with E-state index in [4.69, 9.17) is 5.26 Å². The summed E-state index contributed by atoms with van der Waals surface area (Å²) in [5.74, 6) is 1.69. The summed E-state index contributed by atoms with van der Waals surface area (Å²) in [6.07, 6.45) is 3.54. The quantitative estimate of drug-likeness (QED) is 0.858. The van der Waals surface area contributed by atoms with Gasteiger partial charge in [0, 0.05) is 6.04 Å². The maximum atomic E-state index is 11.8. The van der Waals surface area contributed by atoms with Gasteiger partial charge < -0.3 is 5.32 Å². The van der Waals surface area contributed by atoms with E-state index < -0.39 is 0 Å². The first kappa shape index (κ1) is 11.5. The van der Waals surface area contributed by atoms with Crippen molar-refractivity contribution in [2.24, 2.45) is 11.8 Å². The maximum Gasteiger partial charge on any atom is 0.320 e. The van der Waals surface area contributed by atoms with Gasteiger partial charge in [0.25, 0.3) is 0 Å². The fourth-order valence-electron chi connectivity index (χ4n) is 2.74. The highest BCUT2D eigenvalue weighted by Crippen LogP contribution is 2.51. The van der Waals surface area contributed by atoms with Crippen molar-refractivity contribution in [3.05, 3.63) is 11.3 Å². The number of carbonyl (C=O) groups excluding carboxylic acids is 1. The number of aromatic nitrogens is 1. The number of rotatable bonds is 2. The van der Waals surface area contributed by atoms with Gasteiger partial charge in [0.1, 0.15) is 16.6 Å². The molecular weight excluding hydrogens is 248 g/mol. The van der Waals surface area contributed by atoms with Crippen molar-refractivity contribution in [3.8, 4) is 6.07 Å². The summed E-state index contributed by atoms with van der Waals surface area (Å²) in [7, 11) is 0. The van der Waals surface area contributed by atoms with Gasteiger partial charge in [-0.1, -0.05) is 0 Å².